The Morgan fingerprint density at radius 1 is 1.09 bits per heavy atom. The minimum absolute atomic E-state index is 0.0331. The first-order chi connectivity index (χ1) is 15.5. The molecule has 0 spiro atoms. The van der Waals surface area contributed by atoms with Crippen molar-refractivity contribution in [3.8, 4) is 16.2 Å². The molecule has 0 aliphatic rings. The molecule has 2 heterocycles. The van der Waals surface area contributed by atoms with E-state index < -0.39 is 0 Å². The maximum Gasteiger partial charge on any atom is 0.226 e. The van der Waals surface area contributed by atoms with Crippen LogP contribution >= 0.6 is 11.3 Å². The number of aromatic nitrogens is 2. The molecule has 0 aliphatic carbocycles. The first kappa shape index (κ1) is 21.8. The quantitative estimate of drug-likeness (QED) is 0.381. The molecule has 2 aromatic carbocycles. The smallest absolute Gasteiger partial charge is 0.226 e. The highest BCUT2D eigenvalue weighted by atomic mass is 32.1. The first-order valence-electron chi connectivity index (χ1n) is 10.6. The summed E-state index contributed by atoms with van der Waals surface area (Å²) in [6.45, 7) is 4.45. The number of hydrogen-bond donors (Lipinski definition) is 1. The lowest BCUT2D eigenvalue weighted by molar-refractivity contribution is -0.116. The largest absolute Gasteiger partial charge is 0.489 e. The molecule has 0 radical (unpaired) electrons. The number of rotatable bonds is 8. The van der Waals surface area contributed by atoms with Crippen LogP contribution in [0.2, 0.25) is 0 Å². The first-order valence-corrected chi connectivity index (χ1v) is 11.4. The molecule has 1 amide bonds. The Labute approximate surface area is 191 Å². The van der Waals surface area contributed by atoms with Crippen molar-refractivity contribution in [2.45, 2.75) is 26.4 Å². The van der Waals surface area contributed by atoms with E-state index in [0.29, 0.717) is 24.4 Å². The van der Waals surface area contributed by atoms with Gasteiger partial charge in [0.2, 0.25) is 5.91 Å². The van der Waals surface area contributed by atoms with Crippen LogP contribution in [-0.4, -0.2) is 35.6 Å². The van der Waals surface area contributed by atoms with E-state index in [1.165, 1.54) is 0 Å². The Hall–Kier alpha value is -3.45. The van der Waals surface area contributed by atoms with Crippen LogP contribution in [-0.2, 0) is 4.79 Å². The fourth-order valence-electron chi connectivity index (χ4n) is 3.41. The van der Waals surface area contributed by atoms with Crippen LogP contribution in [0.1, 0.15) is 20.3 Å². The molecule has 32 heavy (non-hydrogen) atoms. The molecular formula is C25H26N4O2S. The molecule has 164 valence electrons. The summed E-state index contributed by atoms with van der Waals surface area (Å²) >= 11 is 1.64. The van der Waals surface area contributed by atoms with Gasteiger partial charge in [0.25, 0.3) is 0 Å². The van der Waals surface area contributed by atoms with Crippen LogP contribution in [0.3, 0.4) is 0 Å². The molecule has 0 unspecified atom stereocenters. The minimum atomic E-state index is -0.0720. The third kappa shape index (κ3) is 5.06. The Morgan fingerprint density at radius 3 is 2.62 bits per heavy atom. The molecule has 0 saturated heterocycles. The Balaban J connectivity index is 1.45. The number of para-hydroxylation sites is 2. The predicted octanol–water partition coefficient (Wildman–Crippen LogP) is 5.61. The summed E-state index contributed by atoms with van der Waals surface area (Å²) < 4.78 is 5.79. The number of anilines is 2. The molecule has 0 aliphatic heterocycles. The highest BCUT2D eigenvalue weighted by Gasteiger charge is 2.15. The van der Waals surface area contributed by atoms with Crippen molar-refractivity contribution in [3.63, 3.8) is 0 Å². The van der Waals surface area contributed by atoms with E-state index in [4.69, 9.17) is 4.74 Å². The summed E-state index contributed by atoms with van der Waals surface area (Å²) in [5.41, 5.74) is 1.84. The Morgan fingerprint density at radius 2 is 1.84 bits per heavy atom. The molecule has 4 rings (SSSR count). The van der Waals surface area contributed by atoms with E-state index >= 15 is 0 Å². The number of hydrogen-bond acceptors (Lipinski definition) is 6. The van der Waals surface area contributed by atoms with Gasteiger partial charge in [-0.25, -0.2) is 9.97 Å². The fraction of sp³-hybridized carbons (Fsp3) is 0.240. The molecule has 0 saturated carbocycles. The van der Waals surface area contributed by atoms with Crippen LogP contribution in [0.4, 0.5) is 11.5 Å². The number of fused-ring (bicyclic) bond motifs is 1. The predicted molar refractivity (Wildman–Crippen MR) is 132 cm³/mol. The lowest BCUT2D eigenvalue weighted by Crippen LogP contribution is -2.25. The van der Waals surface area contributed by atoms with E-state index in [-0.39, 0.29) is 12.0 Å². The van der Waals surface area contributed by atoms with Gasteiger partial charge in [-0.1, -0.05) is 42.5 Å². The second-order valence-electron chi connectivity index (χ2n) is 7.78. The zero-order chi connectivity index (χ0) is 22.5. The normalized spacial score (nSPS) is 11.0. The van der Waals surface area contributed by atoms with Crippen molar-refractivity contribution in [1.82, 2.24) is 9.97 Å². The molecular weight excluding hydrogens is 420 g/mol. The van der Waals surface area contributed by atoms with Gasteiger partial charge in [-0.05, 0) is 37.6 Å². The van der Waals surface area contributed by atoms with Crippen LogP contribution in [0.5, 0.6) is 5.75 Å². The lowest BCUT2D eigenvalue weighted by atomic mass is 10.2. The molecule has 2 aromatic heterocycles. The summed E-state index contributed by atoms with van der Waals surface area (Å²) in [6, 6.07) is 19.9. The number of carbonyl (C=O) groups excluding carboxylic acids is 1. The van der Waals surface area contributed by atoms with Crippen molar-refractivity contribution >= 4 is 39.0 Å². The van der Waals surface area contributed by atoms with Crippen LogP contribution < -0.4 is 15.0 Å². The number of ether oxygens (including phenoxy) is 1. The van der Waals surface area contributed by atoms with Crippen molar-refractivity contribution < 1.29 is 9.53 Å². The van der Waals surface area contributed by atoms with Crippen molar-refractivity contribution in [1.29, 1.82) is 0 Å². The van der Waals surface area contributed by atoms with Crippen LogP contribution in [0.15, 0.2) is 67.0 Å². The Bertz CT molecular complexity index is 1210. The number of carbonyl (C=O) groups is 1. The standard InChI is InChI=1S/C25H26N4O2S/c1-17(2)31-21-12-8-7-11-20(21)28-23(30)13-14-29(3)24-19-15-22(18-9-5-4-6-10-18)32-25(19)27-16-26-24/h4-12,15-17H,13-14H2,1-3H3,(H,28,30). The lowest BCUT2D eigenvalue weighted by Gasteiger charge is -2.19. The van der Waals surface area contributed by atoms with Crippen molar-refractivity contribution in [3.05, 3.63) is 67.0 Å². The highest BCUT2D eigenvalue weighted by Crippen LogP contribution is 2.35. The van der Waals surface area contributed by atoms with Gasteiger partial charge in [0.1, 0.15) is 22.7 Å². The van der Waals surface area contributed by atoms with Crippen molar-refractivity contribution in [2.75, 3.05) is 23.8 Å². The van der Waals surface area contributed by atoms with Gasteiger partial charge in [-0.3, -0.25) is 4.79 Å². The highest BCUT2D eigenvalue weighted by molar-refractivity contribution is 7.21. The van der Waals surface area contributed by atoms with Crippen molar-refractivity contribution in [2.24, 2.45) is 0 Å². The Kier molecular flexibility index (Phi) is 6.66. The zero-order valence-electron chi connectivity index (χ0n) is 18.4. The summed E-state index contributed by atoms with van der Waals surface area (Å²) in [4.78, 5) is 25.6. The molecule has 6 nitrogen and oxygen atoms in total. The zero-order valence-corrected chi connectivity index (χ0v) is 19.2. The summed E-state index contributed by atoms with van der Waals surface area (Å²) in [6.07, 6.45) is 1.94. The van der Waals surface area contributed by atoms with Gasteiger partial charge in [0.15, 0.2) is 0 Å². The molecule has 0 bridgehead atoms. The molecule has 7 heteroatoms. The maximum absolute atomic E-state index is 12.6. The van der Waals surface area contributed by atoms with Gasteiger partial charge >= 0.3 is 0 Å². The minimum Gasteiger partial charge on any atom is -0.489 e. The van der Waals surface area contributed by atoms with Gasteiger partial charge in [0.05, 0.1) is 17.2 Å². The average Bonchev–Trinajstić information content (AvgIpc) is 3.23. The van der Waals surface area contributed by atoms with Gasteiger partial charge < -0.3 is 15.0 Å². The second-order valence-corrected chi connectivity index (χ2v) is 8.81. The average molecular weight is 447 g/mol. The SMILES string of the molecule is CC(C)Oc1ccccc1NC(=O)CCN(C)c1ncnc2sc(-c3ccccc3)cc12. The number of nitrogens with zero attached hydrogens (tertiary/aromatic N) is 3. The van der Waals surface area contributed by atoms with Gasteiger partial charge in [-0.2, -0.15) is 0 Å². The van der Waals surface area contributed by atoms with Crippen LogP contribution in [0.25, 0.3) is 20.7 Å². The summed E-state index contributed by atoms with van der Waals surface area (Å²) in [5, 5.41) is 3.96. The molecule has 0 fully saturated rings. The third-order valence-corrected chi connectivity index (χ3v) is 6.02. The number of thiophene rings is 1. The summed E-state index contributed by atoms with van der Waals surface area (Å²) in [7, 11) is 1.95. The monoisotopic (exact) mass is 446 g/mol. The van der Waals surface area contributed by atoms with Gasteiger partial charge in [-0.15, -0.1) is 11.3 Å². The number of nitrogens with one attached hydrogen (secondary N) is 1. The third-order valence-electron chi connectivity index (χ3n) is 4.93. The molecule has 4 aromatic rings. The number of amides is 1. The topological polar surface area (TPSA) is 67.3 Å². The van der Waals surface area contributed by atoms with E-state index in [1.807, 2.05) is 68.3 Å². The van der Waals surface area contributed by atoms with Gasteiger partial charge in [0, 0.05) is 24.9 Å². The van der Waals surface area contributed by atoms with E-state index in [0.717, 1.165) is 26.5 Å². The summed E-state index contributed by atoms with van der Waals surface area (Å²) in [5.74, 6) is 1.43. The van der Waals surface area contributed by atoms with E-state index in [9.17, 15) is 4.79 Å². The molecule has 0 atom stereocenters. The van der Waals surface area contributed by atoms with Crippen LogP contribution in [0, 0.1) is 0 Å². The number of benzene rings is 2. The maximum atomic E-state index is 12.6. The van der Waals surface area contributed by atoms with E-state index in [1.54, 1.807) is 17.7 Å². The fourth-order valence-corrected chi connectivity index (χ4v) is 4.41. The molecule has 1 N–H and O–H groups in total. The van der Waals surface area contributed by atoms with E-state index in [2.05, 4.69) is 33.5 Å². The second kappa shape index (κ2) is 9.78.